The van der Waals surface area contributed by atoms with E-state index in [-0.39, 0.29) is 0 Å². The number of halogens is 4. The third-order valence-electron chi connectivity index (χ3n) is 8.82. The van der Waals surface area contributed by atoms with E-state index < -0.39 is 79.1 Å². The van der Waals surface area contributed by atoms with Crippen LogP contribution in [-0.4, -0.2) is 93.3 Å². The van der Waals surface area contributed by atoms with Crippen molar-refractivity contribution in [3.05, 3.63) is 140 Å². The molecule has 0 spiro atoms. The van der Waals surface area contributed by atoms with Gasteiger partial charge in [-0.05, 0) is 0 Å². The van der Waals surface area contributed by atoms with Crippen LogP contribution in [0.3, 0.4) is 0 Å². The normalized spacial score (nSPS) is 19.8. The molecule has 4 nitrogen and oxygen atoms in total. The fourth-order valence-electron chi connectivity index (χ4n) is 5.39. The summed E-state index contributed by atoms with van der Waals surface area (Å²) in [5.74, 6) is 1.82. The van der Waals surface area contributed by atoms with Gasteiger partial charge in [0.2, 0.25) is 0 Å². The Morgan fingerprint density at radius 2 is 0.780 bits per heavy atom. The molecule has 0 atom stereocenters. The average Bonchev–Trinajstić information content (AvgIpc) is 3.59. The van der Waals surface area contributed by atoms with Crippen LogP contribution in [0.2, 0.25) is 58.4 Å². The van der Waals surface area contributed by atoms with Gasteiger partial charge in [0, 0.05) is 0 Å². The Hall–Kier alpha value is 1.95. The maximum atomic E-state index is 6.28. The Kier molecular flexibility index (Phi) is 18.8. The van der Waals surface area contributed by atoms with Crippen molar-refractivity contribution >= 4 is 150 Å². The molecule has 330 valence electrons. The fourth-order valence-corrected chi connectivity index (χ4v) is 46.9. The monoisotopic (exact) mass is 1550 g/mol. The molecule has 0 radical (unpaired) electrons. The third-order valence-corrected chi connectivity index (χ3v) is 62.0. The number of rotatable bonds is 5. The summed E-state index contributed by atoms with van der Waals surface area (Å²) in [6, 6.07) is 47.3. The number of benzene rings is 5. The van der Waals surface area contributed by atoms with Crippen LogP contribution in [-0.2, 0) is 6.03 Å². The van der Waals surface area contributed by atoms with Crippen molar-refractivity contribution in [3.8, 4) is 11.5 Å². The Morgan fingerprint density at radius 1 is 0.475 bits per heavy atom. The number of hydrogen-bond acceptors (Lipinski definition) is 6. The van der Waals surface area contributed by atoms with Gasteiger partial charge in [-0.15, -0.1) is 0 Å². The number of fused-ring (bicyclic) bond motifs is 2. The minimum absolute atomic E-state index is 0.909. The van der Waals surface area contributed by atoms with E-state index in [0.29, 0.717) is 0 Å². The van der Waals surface area contributed by atoms with Gasteiger partial charge in [-0.25, -0.2) is 0 Å². The van der Waals surface area contributed by atoms with Gasteiger partial charge in [0.25, 0.3) is 0 Å². The van der Waals surface area contributed by atoms with E-state index in [0.717, 1.165) is 15.0 Å². The molecule has 0 saturated carbocycles. The zero-order chi connectivity index (χ0) is 44.8. The van der Waals surface area contributed by atoms with Crippen LogP contribution >= 0.6 is 60.5 Å². The molecule has 59 heavy (non-hydrogen) atoms. The quantitative estimate of drug-likeness (QED) is 0.163. The predicted molar refractivity (Wildman–Crippen MR) is 287 cm³/mol. The Labute approximate surface area is 388 Å². The summed E-state index contributed by atoms with van der Waals surface area (Å²) < 4.78 is 26.7. The molecule has 2 aliphatic heterocycles. The van der Waals surface area contributed by atoms with Crippen LogP contribution in [0.5, 0.6) is 11.5 Å². The Morgan fingerprint density at radius 3 is 1.07 bits per heavy atom. The van der Waals surface area contributed by atoms with Crippen LogP contribution in [0.25, 0.3) is 0 Å². The first kappa shape index (κ1) is 55.3. The molecule has 0 N–H and O–H groups in total. The second-order valence-electron chi connectivity index (χ2n) is 18.1. The van der Waals surface area contributed by atoms with Crippen molar-refractivity contribution in [1.82, 2.24) is 0 Å². The van der Waals surface area contributed by atoms with E-state index in [2.05, 4.69) is 152 Å². The summed E-state index contributed by atoms with van der Waals surface area (Å²) in [5, 5.41) is 0. The summed E-state index contributed by atoms with van der Waals surface area (Å²) in [6.45, 7) is 0. The number of hydrogen-bond donors (Lipinski definition) is 0. The molecule has 5 aromatic rings. The van der Waals surface area contributed by atoms with E-state index in [1.165, 1.54) is 16.8 Å². The van der Waals surface area contributed by atoms with Gasteiger partial charge in [0.15, 0.2) is 0 Å². The molecule has 0 amide bonds. The maximum absolute atomic E-state index is 6.28. The van der Waals surface area contributed by atoms with E-state index >= 15 is 0 Å². The molecule has 0 fully saturated rings. The zero-order valence-corrected chi connectivity index (χ0v) is 56.1. The van der Waals surface area contributed by atoms with Crippen molar-refractivity contribution in [3.63, 3.8) is 0 Å². The molecule has 2 heterocycles. The molecule has 7 rings (SSSR count). The Balaban J connectivity index is 0.000000197. The first-order valence-electron chi connectivity index (χ1n) is 18.8. The van der Waals surface area contributed by atoms with Crippen LogP contribution < -0.4 is 16.6 Å². The topological polar surface area (TPSA) is 36.9 Å². The first-order chi connectivity index (χ1) is 26.6. The summed E-state index contributed by atoms with van der Waals surface area (Å²) in [4.78, 5) is 29.6. The summed E-state index contributed by atoms with van der Waals surface area (Å²) in [7, 11) is 20.4. The van der Waals surface area contributed by atoms with Crippen molar-refractivity contribution in [1.29, 1.82) is 0 Å². The Bertz CT molecular complexity index is 1960. The van der Waals surface area contributed by atoms with Gasteiger partial charge in [0.05, 0.1) is 0 Å². The molecule has 0 aromatic heterocycles. The molecule has 0 unspecified atom stereocenters. The van der Waals surface area contributed by atoms with Crippen LogP contribution in [0.1, 0.15) is 0 Å². The third kappa shape index (κ3) is 18.6. The molecule has 2 aliphatic rings. The van der Waals surface area contributed by atoms with Crippen molar-refractivity contribution in [2.75, 3.05) is 14.2 Å². The van der Waals surface area contributed by atoms with E-state index in [1.54, 1.807) is 14.2 Å². The summed E-state index contributed by atoms with van der Waals surface area (Å²) in [6.07, 6.45) is 0. The van der Waals surface area contributed by atoms with Gasteiger partial charge in [0.1, 0.15) is 0 Å². The van der Waals surface area contributed by atoms with Gasteiger partial charge < -0.3 is 0 Å². The molecule has 0 aliphatic carbocycles. The number of para-hydroxylation sites is 2. The van der Waals surface area contributed by atoms with Gasteiger partial charge in [-0.3, -0.25) is 0 Å². The zero-order valence-electron chi connectivity index (χ0n) is 37.0. The summed E-state index contributed by atoms with van der Waals surface area (Å²) >= 11 is -6.95. The molecule has 15 heteroatoms. The molecular weight excluding hydrogens is 1500 g/mol. The molecular formula is C44H65Br2Cl2O4S2Sb5. The van der Waals surface area contributed by atoms with Crippen molar-refractivity contribution < 1.29 is 12.1 Å². The predicted octanol–water partition coefficient (Wildman–Crippen LogP) is 15.1. The standard InChI is InChI=1S/C6H6O2.C6H6S2.3C6H5.2CH3O.12CH3.2BrH.2ClH.5Sb/c2*7-5-3-1-2-4-6(5)8;3*1-2-4-6-5-3-1;2*1-2;;;;;;;;;;;;;;;;;;;;;/h2*1-4,7-8H;3*1-5H;2*1H3;12*1H3;4*1H;;;;;/q;;;;;2*-1;;;;;;;;;;;;;;;;;5*+2/p-8. The van der Waals surface area contributed by atoms with Gasteiger partial charge in [-0.1, -0.05) is 0 Å². The van der Waals surface area contributed by atoms with Crippen LogP contribution in [0.4, 0.5) is 0 Å². The van der Waals surface area contributed by atoms with E-state index in [1.807, 2.05) is 88.6 Å². The average molecular weight is 1560 g/mol. The van der Waals surface area contributed by atoms with Gasteiger partial charge in [-0.2, -0.15) is 0 Å². The molecule has 0 bridgehead atoms. The van der Waals surface area contributed by atoms with E-state index in [4.69, 9.17) is 29.7 Å². The molecule has 0 saturated heterocycles. The van der Waals surface area contributed by atoms with Crippen LogP contribution in [0.15, 0.2) is 149 Å². The van der Waals surface area contributed by atoms with Crippen LogP contribution in [0, 0.1) is 0 Å². The minimum atomic E-state index is -3.36. The molecule has 5 aromatic carbocycles. The fraction of sp³-hybridized carbons (Fsp3) is 0.318. The van der Waals surface area contributed by atoms with E-state index in [9.17, 15) is 0 Å². The van der Waals surface area contributed by atoms with Gasteiger partial charge >= 0.3 is 396 Å². The second kappa shape index (κ2) is 20.0. The first-order valence-corrected chi connectivity index (χ1v) is 83.2. The summed E-state index contributed by atoms with van der Waals surface area (Å²) in [5.41, 5.74) is 0. The van der Waals surface area contributed by atoms with Crippen molar-refractivity contribution in [2.24, 2.45) is 0 Å². The van der Waals surface area contributed by atoms with Crippen molar-refractivity contribution in [2.45, 2.75) is 68.2 Å². The second-order valence-corrected chi connectivity index (χ2v) is 158. The SMILES string of the molecule is C[O][Sb]([CH3])([CH3])([O]C)[c]1ccccc1.[CH3][Sb]([CH3])([Br])([Br])[c]1ccccc1.[CH3][Sb]([CH3])([Cl])([Cl])[c]1ccccc1.[CH3][Sb]1([CH3])([CH3])[O]c2ccccc2[O]1.[CH3][Sb]1([CH3])([CH3])[S]c2ccccc2[S]1.